The van der Waals surface area contributed by atoms with Crippen molar-refractivity contribution in [3.8, 4) is 11.5 Å². The first kappa shape index (κ1) is 15.8. The molecule has 0 bridgehead atoms. The highest BCUT2D eigenvalue weighted by Gasteiger charge is 2.24. The van der Waals surface area contributed by atoms with Crippen LogP contribution in [0.4, 0.5) is 5.69 Å². The maximum atomic E-state index is 12.3. The van der Waals surface area contributed by atoms with Gasteiger partial charge in [0, 0.05) is 11.6 Å². The van der Waals surface area contributed by atoms with Crippen molar-refractivity contribution < 1.29 is 24.0 Å². The Balaban J connectivity index is 1.69. The van der Waals surface area contributed by atoms with Crippen molar-refractivity contribution >= 4 is 17.4 Å². The number of carbonyl (C=O) groups is 2. The van der Waals surface area contributed by atoms with E-state index in [0.29, 0.717) is 29.3 Å². The van der Waals surface area contributed by atoms with Crippen molar-refractivity contribution in [1.82, 2.24) is 0 Å². The van der Waals surface area contributed by atoms with Crippen LogP contribution in [0.5, 0.6) is 11.5 Å². The first-order chi connectivity index (χ1) is 11.0. The summed E-state index contributed by atoms with van der Waals surface area (Å²) in [5.74, 6) is 1.67. The number of likely N-dealkylation sites (tertiary alicyclic amines) is 1. The maximum Gasteiger partial charge on any atom is 0.279 e. The Bertz CT molecular complexity index is 621. The molecule has 0 saturated carbocycles. The van der Waals surface area contributed by atoms with Crippen LogP contribution in [-0.2, 0) is 4.79 Å². The third kappa shape index (κ3) is 3.64. The van der Waals surface area contributed by atoms with E-state index in [-0.39, 0.29) is 18.5 Å². The number of benzene rings is 1. The summed E-state index contributed by atoms with van der Waals surface area (Å²) in [7, 11) is 0. The molecule has 1 fully saturated rings. The minimum absolute atomic E-state index is 0.0732. The molecule has 3 rings (SSSR count). The number of fused-ring (bicyclic) bond motifs is 1. The van der Waals surface area contributed by atoms with Gasteiger partial charge < -0.3 is 19.7 Å². The first-order valence-corrected chi connectivity index (χ1v) is 8.11. The lowest BCUT2D eigenvalue weighted by molar-refractivity contribution is -0.897. The van der Waals surface area contributed by atoms with E-state index in [1.165, 1.54) is 11.8 Å². The third-order valence-corrected chi connectivity index (χ3v) is 4.56. The van der Waals surface area contributed by atoms with Gasteiger partial charge in [-0.15, -0.1) is 0 Å². The zero-order valence-electron chi connectivity index (χ0n) is 13.6. The molecule has 2 heterocycles. The lowest BCUT2D eigenvalue weighted by Gasteiger charge is -2.26. The average molecular weight is 319 g/mol. The number of Topliss-reactive ketones (excluding diaryl/α,β-unsaturated/α-hetero) is 1. The Morgan fingerprint density at radius 1 is 1.22 bits per heavy atom. The number of ketones is 1. The number of nitrogens with one attached hydrogen (secondary N) is 2. The van der Waals surface area contributed by atoms with E-state index in [1.807, 2.05) is 0 Å². The number of ether oxygens (including phenoxy) is 2. The van der Waals surface area contributed by atoms with Gasteiger partial charge >= 0.3 is 0 Å². The van der Waals surface area contributed by atoms with E-state index in [0.717, 1.165) is 31.8 Å². The number of rotatable bonds is 4. The van der Waals surface area contributed by atoms with E-state index < -0.39 is 0 Å². The standard InChI is InChI=1S/C17H22N2O4/c1-11-3-5-19(6-4-11)9-17(21)18-14-8-16-15(22-10-23-16)7-13(14)12(2)20/h7-8,11H,3-6,9-10H2,1-2H3,(H,18,21)/p+1. The molecule has 0 aliphatic carbocycles. The number of anilines is 1. The molecule has 1 aromatic carbocycles. The van der Waals surface area contributed by atoms with Crippen molar-refractivity contribution in [1.29, 1.82) is 0 Å². The predicted octanol–water partition coefficient (Wildman–Crippen LogP) is 0.871. The number of carbonyl (C=O) groups excluding carboxylic acids is 2. The minimum Gasteiger partial charge on any atom is -0.454 e. The quantitative estimate of drug-likeness (QED) is 0.808. The van der Waals surface area contributed by atoms with Gasteiger partial charge in [-0.1, -0.05) is 6.92 Å². The van der Waals surface area contributed by atoms with E-state index in [4.69, 9.17) is 9.47 Å². The molecular weight excluding hydrogens is 296 g/mol. The monoisotopic (exact) mass is 319 g/mol. The molecule has 0 atom stereocenters. The lowest BCUT2D eigenvalue weighted by Crippen LogP contribution is -3.14. The van der Waals surface area contributed by atoms with Gasteiger partial charge in [0.15, 0.2) is 23.8 Å². The molecule has 2 aliphatic rings. The van der Waals surface area contributed by atoms with Crippen molar-refractivity contribution in [2.24, 2.45) is 5.92 Å². The average Bonchev–Trinajstić information content (AvgIpc) is 2.96. The van der Waals surface area contributed by atoms with Crippen LogP contribution in [0.15, 0.2) is 12.1 Å². The number of quaternary nitrogens is 1. The summed E-state index contributed by atoms with van der Waals surface area (Å²) in [6.45, 7) is 6.34. The molecule has 1 saturated heterocycles. The summed E-state index contributed by atoms with van der Waals surface area (Å²) >= 11 is 0. The molecule has 6 heteroatoms. The molecule has 6 nitrogen and oxygen atoms in total. The maximum absolute atomic E-state index is 12.3. The highest BCUT2D eigenvalue weighted by atomic mass is 16.7. The molecule has 0 aromatic heterocycles. The Kier molecular flexibility index (Phi) is 4.52. The van der Waals surface area contributed by atoms with Crippen LogP contribution in [-0.4, -0.2) is 38.1 Å². The Labute approximate surface area is 135 Å². The minimum atomic E-state index is -0.113. The topological polar surface area (TPSA) is 69.1 Å². The normalized spacial score (nSPS) is 22.7. The second-order valence-corrected chi connectivity index (χ2v) is 6.46. The van der Waals surface area contributed by atoms with Gasteiger partial charge in [0.1, 0.15) is 0 Å². The van der Waals surface area contributed by atoms with Crippen LogP contribution >= 0.6 is 0 Å². The van der Waals surface area contributed by atoms with Crippen LogP contribution in [0, 0.1) is 5.92 Å². The van der Waals surface area contributed by atoms with Crippen molar-refractivity contribution in [3.63, 3.8) is 0 Å². The predicted molar refractivity (Wildman–Crippen MR) is 85.2 cm³/mol. The Morgan fingerprint density at radius 2 is 1.87 bits per heavy atom. The van der Waals surface area contributed by atoms with Gasteiger partial charge in [0.05, 0.1) is 18.8 Å². The van der Waals surface area contributed by atoms with E-state index in [9.17, 15) is 9.59 Å². The summed E-state index contributed by atoms with van der Waals surface area (Å²) in [6.07, 6.45) is 2.32. The second-order valence-electron chi connectivity index (χ2n) is 6.46. The fourth-order valence-electron chi connectivity index (χ4n) is 3.11. The molecule has 2 aliphatic heterocycles. The highest BCUT2D eigenvalue weighted by Crippen LogP contribution is 2.37. The van der Waals surface area contributed by atoms with Crippen LogP contribution in [0.1, 0.15) is 37.0 Å². The SMILES string of the molecule is CC(=O)c1cc2c(cc1NC(=O)C[NH+]1CCC(C)CC1)OCO2. The highest BCUT2D eigenvalue weighted by molar-refractivity contribution is 6.04. The van der Waals surface area contributed by atoms with Crippen LogP contribution < -0.4 is 19.7 Å². The van der Waals surface area contributed by atoms with Gasteiger partial charge in [0.25, 0.3) is 5.91 Å². The molecule has 0 radical (unpaired) electrons. The molecule has 0 unspecified atom stereocenters. The van der Waals surface area contributed by atoms with Crippen LogP contribution in [0.25, 0.3) is 0 Å². The van der Waals surface area contributed by atoms with Crippen molar-refractivity contribution in [2.45, 2.75) is 26.7 Å². The number of piperidine rings is 1. The molecule has 2 N–H and O–H groups in total. The number of hydrogen-bond acceptors (Lipinski definition) is 4. The van der Waals surface area contributed by atoms with E-state index in [2.05, 4.69) is 12.2 Å². The van der Waals surface area contributed by atoms with Gasteiger partial charge in [0.2, 0.25) is 6.79 Å². The van der Waals surface area contributed by atoms with Gasteiger partial charge in [-0.25, -0.2) is 0 Å². The summed E-state index contributed by atoms with van der Waals surface area (Å²) in [5.41, 5.74) is 0.946. The summed E-state index contributed by atoms with van der Waals surface area (Å²) < 4.78 is 10.6. The molecule has 23 heavy (non-hydrogen) atoms. The smallest absolute Gasteiger partial charge is 0.279 e. The summed E-state index contributed by atoms with van der Waals surface area (Å²) in [4.78, 5) is 25.4. The van der Waals surface area contributed by atoms with Crippen molar-refractivity contribution in [2.75, 3.05) is 31.7 Å². The summed E-state index contributed by atoms with van der Waals surface area (Å²) in [5, 5.41) is 2.86. The zero-order chi connectivity index (χ0) is 16.4. The summed E-state index contributed by atoms with van der Waals surface area (Å²) in [6, 6.07) is 3.31. The third-order valence-electron chi connectivity index (χ3n) is 4.56. The van der Waals surface area contributed by atoms with Crippen LogP contribution in [0.2, 0.25) is 0 Å². The molecule has 124 valence electrons. The van der Waals surface area contributed by atoms with Crippen molar-refractivity contribution in [3.05, 3.63) is 17.7 Å². The Hall–Kier alpha value is -2.08. The lowest BCUT2D eigenvalue weighted by atomic mass is 9.99. The first-order valence-electron chi connectivity index (χ1n) is 8.11. The molecular formula is C17H23N2O4+. The fraction of sp³-hybridized carbons (Fsp3) is 0.529. The van der Waals surface area contributed by atoms with Gasteiger partial charge in [-0.3, -0.25) is 9.59 Å². The number of hydrogen-bond donors (Lipinski definition) is 2. The Morgan fingerprint density at radius 3 is 2.52 bits per heavy atom. The fourth-order valence-corrected chi connectivity index (χ4v) is 3.11. The van der Waals surface area contributed by atoms with Crippen LogP contribution in [0.3, 0.4) is 0 Å². The van der Waals surface area contributed by atoms with Gasteiger partial charge in [-0.2, -0.15) is 0 Å². The molecule has 1 amide bonds. The largest absolute Gasteiger partial charge is 0.454 e. The van der Waals surface area contributed by atoms with Gasteiger partial charge in [-0.05, 0) is 31.7 Å². The zero-order valence-corrected chi connectivity index (χ0v) is 13.6. The molecule has 0 spiro atoms. The number of amides is 1. The second kappa shape index (κ2) is 6.58. The molecule has 1 aromatic rings. The van der Waals surface area contributed by atoms with E-state index in [1.54, 1.807) is 12.1 Å². The van der Waals surface area contributed by atoms with E-state index >= 15 is 0 Å².